The third-order valence-corrected chi connectivity index (χ3v) is 3.04. The third kappa shape index (κ3) is 2.49. The first kappa shape index (κ1) is 13.3. The minimum atomic E-state index is -4.41. The maximum absolute atomic E-state index is 12.8. The van der Waals surface area contributed by atoms with Crippen LogP contribution >= 0.6 is 0 Å². The van der Waals surface area contributed by atoms with E-state index in [1.807, 2.05) is 0 Å². The van der Waals surface area contributed by atoms with Crippen molar-refractivity contribution in [1.82, 2.24) is 15.2 Å². The zero-order chi connectivity index (χ0) is 15.0. The number of fused-ring (bicyclic) bond motifs is 1. The molecule has 0 spiro atoms. The predicted octanol–water partition coefficient (Wildman–Crippen LogP) is 3.29. The van der Waals surface area contributed by atoms with E-state index in [9.17, 15) is 13.2 Å². The molecule has 3 aromatic rings. The van der Waals surface area contributed by atoms with Gasteiger partial charge >= 0.3 is 6.18 Å². The van der Waals surface area contributed by atoms with Gasteiger partial charge in [-0.15, -0.1) is 0 Å². The highest BCUT2D eigenvalue weighted by atomic mass is 19.4. The normalized spacial score (nSPS) is 11.8. The van der Waals surface area contributed by atoms with Crippen molar-refractivity contribution in [1.29, 1.82) is 0 Å². The fourth-order valence-electron chi connectivity index (χ4n) is 2.07. The minimum Gasteiger partial charge on any atom is -0.397 e. The summed E-state index contributed by atoms with van der Waals surface area (Å²) in [5.41, 5.74) is 6.82. The summed E-state index contributed by atoms with van der Waals surface area (Å²) in [6.07, 6.45) is -0.0316. The first-order chi connectivity index (χ1) is 9.95. The molecule has 0 saturated heterocycles. The minimum absolute atomic E-state index is 0.354. The third-order valence-electron chi connectivity index (χ3n) is 3.04. The Labute approximate surface area is 117 Å². The Hall–Kier alpha value is -2.70. The van der Waals surface area contributed by atoms with Gasteiger partial charge in [0.1, 0.15) is 0 Å². The molecule has 7 heteroatoms. The Morgan fingerprint density at radius 2 is 1.81 bits per heavy atom. The molecular weight excluding hydrogens is 281 g/mol. The van der Waals surface area contributed by atoms with E-state index in [0.29, 0.717) is 27.7 Å². The number of alkyl halides is 3. The number of rotatable bonds is 1. The first-order valence-corrected chi connectivity index (χ1v) is 5.99. The van der Waals surface area contributed by atoms with E-state index in [2.05, 4.69) is 15.2 Å². The van der Waals surface area contributed by atoms with Crippen molar-refractivity contribution in [2.45, 2.75) is 6.18 Å². The molecule has 0 aliphatic carbocycles. The van der Waals surface area contributed by atoms with Crippen LogP contribution in [0.4, 0.5) is 18.9 Å². The van der Waals surface area contributed by atoms with Crippen LogP contribution in [-0.4, -0.2) is 15.2 Å². The van der Waals surface area contributed by atoms with Gasteiger partial charge in [0.25, 0.3) is 0 Å². The van der Waals surface area contributed by atoms with Crippen LogP contribution < -0.4 is 5.73 Å². The number of nitrogens with zero attached hydrogens (tertiary/aromatic N) is 3. The van der Waals surface area contributed by atoms with Gasteiger partial charge in [-0.1, -0.05) is 0 Å². The molecule has 3 rings (SSSR count). The maximum Gasteiger partial charge on any atom is 0.416 e. The molecule has 0 radical (unpaired) electrons. The molecule has 2 N–H and O–H groups in total. The van der Waals surface area contributed by atoms with Crippen molar-refractivity contribution in [2.24, 2.45) is 0 Å². The van der Waals surface area contributed by atoms with E-state index in [0.717, 1.165) is 12.1 Å². The molecule has 2 aromatic heterocycles. The Morgan fingerprint density at radius 3 is 2.52 bits per heavy atom. The molecule has 4 nitrogen and oxygen atoms in total. The van der Waals surface area contributed by atoms with E-state index in [-0.39, 0.29) is 0 Å². The van der Waals surface area contributed by atoms with Gasteiger partial charge in [0, 0.05) is 28.9 Å². The molecule has 0 bridgehead atoms. The summed E-state index contributed by atoms with van der Waals surface area (Å²) in [5.74, 6) is 0. The van der Waals surface area contributed by atoms with Crippen LogP contribution in [0, 0.1) is 0 Å². The first-order valence-electron chi connectivity index (χ1n) is 5.99. The van der Waals surface area contributed by atoms with Crippen LogP contribution in [0.5, 0.6) is 0 Å². The lowest BCUT2D eigenvalue weighted by Gasteiger charge is -2.10. The van der Waals surface area contributed by atoms with Gasteiger partial charge in [0.05, 0.1) is 23.0 Å². The number of nitrogen functional groups attached to an aromatic ring is 1. The second-order valence-corrected chi connectivity index (χ2v) is 4.49. The highest BCUT2D eigenvalue weighted by Crippen LogP contribution is 2.34. The van der Waals surface area contributed by atoms with E-state index in [1.54, 1.807) is 6.07 Å². The van der Waals surface area contributed by atoms with Crippen molar-refractivity contribution in [3.05, 3.63) is 48.4 Å². The van der Waals surface area contributed by atoms with Crippen LogP contribution in [0.25, 0.3) is 22.0 Å². The maximum atomic E-state index is 12.8. The molecule has 1 aromatic carbocycles. The van der Waals surface area contributed by atoms with Gasteiger partial charge in [0.2, 0.25) is 0 Å². The number of benzene rings is 1. The Bertz CT molecular complexity index is 815. The van der Waals surface area contributed by atoms with Crippen LogP contribution in [0.1, 0.15) is 5.56 Å². The number of hydrogen-bond donors (Lipinski definition) is 1. The van der Waals surface area contributed by atoms with Crippen LogP contribution in [0.3, 0.4) is 0 Å². The fourth-order valence-corrected chi connectivity index (χ4v) is 2.07. The SMILES string of the molecule is Nc1cncc(-c2cnnc3ccc(C(F)(F)F)cc23)c1. The summed E-state index contributed by atoms with van der Waals surface area (Å²) in [6, 6.07) is 4.97. The Morgan fingerprint density at radius 1 is 1.00 bits per heavy atom. The van der Waals surface area contributed by atoms with Crippen molar-refractivity contribution in [3.63, 3.8) is 0 Å². The van der Waals surface area contributed by atoms with Crippen molar-refractivity contribution >= 4 is 16.6 Å². The van der Waals surface area contributed by atoms with Crippen molar-refractivity contribution in [3.8, 4) is 11.1 Å². The van der Waals surface area contributed by atoms with Crippen molar-refractivity contribution < 1.29 is 13.2 Å². The molecule has 0 aliphatic rings. The summed E-state index contributed by atoms with van der Waals surface area (Å²) in [4.78, 5) is 3.94. The number of hydrogen-bond acceptors (Lipinski definition) is 4. The van der Waals surface area contributed by atoms with Gasteiger partial charge in [0.15, 0.2) is 0 Å². The smallest absolute Gasteiger partial charge is 0.397 e. The monoisotopic (exact) mass is 290 g/mol. The molecule has 21 heavy (non-hydrogen) atoms. The zero-order valence-electron chi connectivity index (χ0n) is 10.6. The van der Waals surface area contributed by atoms with E-state index >= 15 is 0 Å². The van der Waals surface area contributed by atoms with Crippen LogP contribution in [0.2, 0.25) is 0 Å². The molecule has 2 heterocycles. The van der Waals surface area contributed by atoms with E-state index < -0.39 is 11.7 Å². The fraction of sp³-hybridized carbons (Fsp3) is 0.0714. The number of nitrogens with two attached hydrogens (primary N) is 1. The van der Waals surface area contributed by atoms with Gasteiger partial charge < -0.3 is 5.73 Å². The zero-order valence-corrected chi connectivity index (χ0v) is 10.6. The molecular formula is C14H9F3N4. The molecule has 0 saturated carbocycles. The lowest BCUT2D eigenvalue weighted by molar-refractivity contribution is -0.137. The van der Waals surface area contributed by atoms with Gasteiger partial charge in [-0.05, 0) is 24.3 Å². The van der Waals surface area contributed by atoms with Gasteiger partial charge in [-0.2, -0.15) is 23.4 Å². The van der Waals surface area contributed by atoms with Crippen molar-refractivity contribution in [2.75, 3.05) is 5.73 Å². The second-order valence-electron chi connectivity index (χ2n) is 4.49. The quantitative estimate of drug-likeness (QED) is 0.747. The molecule has 106 valence electrons. The molecule has 0 unspecified atom stereocenters. The summed E-state index contributed by atoms with van der Waals surface area (Å²) >= 11 is 0. The standard InChI is InChI=1S/C14H9F3N4/c15-14(16,17)9-1-2-13-11(4-9)12(7-20-21-13)8-3-10(18)6-19-5-8/h1-7H,18H2. The highest BCUT2D eigenvalue weighted by Gasteiger charge is 2.30. The number of halogens is 3. The summed E-state index contributed by atoms with van der Waals surface area (Å²) in [7, 11) is 0. The summed E-state index contributed by atoms with van der Waals surface area (Å²) < 4.78 is 38.5. The topological polar surface area (TPSA) is 64.7 Å². The Balaban J connectivity index is 2.27. The van der Waals surface area contributed by atoms with Gasteiger partial charge in [-0.3, -0.25) is 4.98 Å². The lowest BCUT2D eigenvalue weighted by Crippen LogP contribution is -2.04. The van der Waals surface area contributed by atoms with Gasteiger partial charge in [-0.25, -0.2) is 0 Å². The van der Waals surface area contributed by atoms with Crippen LogP contribution in [-0.2, 0) is 6.18 Å². The largest absolute Gasteiger partial charge is 0.416 e. The Kier molecular flexibility index (Phi) is 2.97. The average molecular weight is 290 g/mol. The number of pyridine rings is 1. The van der Waals surface area contributed by atoms with E-state index in [4.69, 9.17) is 5.73 Å². The molecule has 0 atom stereocenters. The van der Waals surface area contributed by atoms with E-state index in [1.165, 1.54) is 24.7 Å². The molecule has 0 amide bonds. The summed E-state index contributed by atoms with van der Waals surface area (Å²) in [6.45, 7) is 0. The number of aromatic nitrogens is 3. The predicted molar refractivity (Wildman–Crippen MR) is 72.2 cm³/mol. The van der Waals surface area contributed by atoms with Crippen LogP contribution in [0.15, 0.2) is 42.9 Å². The lowest BCUT2D eigenvalue weighted by atomic mass is 10.0. The number of anilines is 1. The second kappa shape index (κ2) is 4.69. The average Bonchev–Trinajstić information content (AvgIpc) is 2.45. The molecule has 0 fully saturated rings. The highest BCUT2D eigenvalue weighted by molar-refractivity contribution is 5.94. The summed E-state index contributed by atoms with van der Waals surface area (Å²) in [5, 5.41) is 8.01. The molecule has 0 aliphatic heterocycles.